The highest BCUT2D eigenvalue weighted by atomic mass is 79.9. The van der Waals surface area contributed by atoms with Crippen LogP contribution in [0.5, 0.6) is 11.5 Å². The highest BCUT2D eigenvalue weighted by Crippen LogP contribution is 2.34. The van der Waals surface area contributed by atoms with E-state index in [2.05, 4.69) is 15.9 Å². The molecule has 2 rings (SSSR count). The molecule has 0 spiro atoms. The standard InChI is InChI=1S/C16H15BrF2O2/c1-20-15-6-4-10(8-16(15)21-2)13(17)7-11-3-5-12(18)9-14(11)19/h3-6,8-9,13H,7H2,1-2H3. The zero-order chi connectivity index (χ0) is 15.4. The van der Waals surface area contributed by atoms with Gasteiger partial charge in [-0.3, -0.25) is 0 Å². The number of ether oxygens (including phenoxy) is 2. The molecule has 112 valence electrons. The molecule has 21 heavy (non-hydrogen) atoms. The van der Waals surface area contributed by atoms with Crippen LogP contribution in [0.3, 0.4) is 0 Å². The Morgan fingerprint density at radius 2 is 1.71 bits per heavy atom. The zero-order valence-corrected chi connectivity index (χ0v) is 13.3. The van der Waals surface area contributed by atoms with Gasteiger partial charge in [0, 0.05) is 10.9 Å². The number of methoxy groups -OCH3 is 2. The number of halogens is 3. The van der Waals surface area contributed by atoms with Gasteiger partial charge in [-0.2, -0.15) is 0 Å². The molecule has 2 nitrogen and oxygen atoms in total. The summed E-state index contributed by atoms with van der Waals surface area (Å²) in [4.78, 5) is -0.114. The predicted octanol–water partition coefficient (Wildman–Crippen LogP) is 4.66. The van der Waals surface area contributed by atoms with E-state index in [0.29, 0.717) is 23.5 Å². The second kappa shape index (κ2) is 6.89. The molecular weight excluding hydrogens is 342 g/mol. The molecular formula is C16H15BrF2O2. The summed E-state index contributed by atoms with van der Waals surface area (Å²) in [5.74, 6) is 0.126. The van der Waals surface area contributed by atoms with E-state index in [1.54, 1.807) is 20.3 Å². The second-order valence-electron chi connectivity index (χ2n) is 4.52. The fourth-order valence-electron chi connectivity index (χ4n) is 2.05. The fourth-order valence-corrected chi connectivity index (χ4v) is 2.68. The SMILES string of the molecule is COc1ccc(C(Br)Cc2ccc(F)cc2F)cc1OC. The Labute approximate surface area is 130 Å². The lowest BCUT2D eigenvalue weighted by Crippen LogP contribution is -2.00. The van der Waals surface area contributed by atoms with Crippen LogP contribution in [0.4, 0.5) is 8.78 Å². The van der Waals surface area contributed by atoms with Crippen molar-refractivity contribution in [2.75, 3.05) is 14.2 Å². The van der Waals surface area contributed by atoms with E-state index in [1.165, 1.54) is 12.1 Å². The van der Waals surface area contributed by atoms with Crippen molar-refractivity contribution >= 4 is 15.9 Å². The summed E-state index contributed by atoms with van der Waals surface area (Å²) in [6.07, 6.45) is 0.404. The van der Waals surface area contributed by atoms with E-state index in [9.17, 15) is 8.78 Å². The number of hydrogen-bond acceptors (Lipinski definition) is 2. The molecule has 5 heteroatoms. The fraction of sp³-hybridized carbons (Fsp3) is 0.250. The lowest BCUT2D eigenvalue weighted by atomic mass is 10.0. The van der Waals surface area contributed by atoms with Crippen molar-refractivity contribution in [1.29, 1.82) is 0 Å². The van der Waals surface area contributed by atoms with Crippen LogP contribution in [-0.4, -0.2) is 14.2 Å². The molecule has 0 heterocycles. The van der Waals surface area contributed by atoms with Gasteiger partial charge >= 0.3 is 0 Å². The summed E-state index contributed by atoms with van der Waals surface area (Å²) in [5, 5.41) is 0. The highest BCUT2D eigenvalue weighted by Gasteiger charge is 2.14. The first kappa shape index (κ1) is 15.8. The summed E-state index contributed by atoms with van der Waals surface area (Å²) in [7, 11) is 3.13. The quantitative estimate of drug-likeness (QED) is 0.725. The summed E-state index contributed by atoms with van der Waals surface area (Å²) >= 11 is 3.53. The molecule has 1 atom stereocenters. The maximum absolute atomic E-state index is 13.7. The van der Waals surface area contributed by atoms with Gasteiger partial charge in [0.05, 0.1) is 14.2 Å². The van der Waals surface area contributed by atoms with Gasteiger partial charge in [0.15, 0.2) is 11.5 Å². The lowest BCUT2D eigenvalue weighted by Gasteiger charge is -2.14. The summed E-state index contributed by atoms with van der Waals surface area (Å²) in [5.41, 5.74) is 1.38. The third-order valence-corrected chi connectivity index (χ3v) is 4.04. The number of benzene rings is 2. The second-order valence-corrected chi connectivity index (χ2v) is 5.63. The molecule has 0 bridgehead atoms. The Morgan fingerprint density at radius 3 is 2.33 bits per heavy atom. The van der Waals surface area contributed by atoms with E-state index >= 15 is 0 Å². The molecule has 2 aromatic carbocycles. The largest absolute Gasteiger partial charge is 0.493 e. The Hall–Kier alpha value is -1.62. The van der Waals surface area contributed by atoms with Gasteiger partial charge in [0.2, 0.25) is 0 Å². The van der Waals surface area contributed by atoms with Gasteiger partial charge in [-0.05, 0) is 35.7 Å². The summed E-state index contributed by atoms with van der Waals surface area (Å²) < 4.78 is 37.0. The molecule has 0 amide bonds. The molecule has 0 saturated heterocycles. The predicted molar refractivity (Wildman–Crippen MR) is 81.3 cm³/mol. The van der Waals surface area contributed by atoms with Crippen LogP contribution in [-0.2, 0) is 6.42 Å². The van der Waals surface area contributed by atoms with Gasteiger partial charge in [-0.25, -0.2) is 8.78 Å². The smallest absolute Gasteiger partial charge is 0.161 e. The number of alkyl halides is 1. The maximum atomic E-state index is 13.7. The first-order valence-electron chi connectivity index (χ1n) is 6.35. The van der Waals surface area contributed by atoms with Gasteiger partial charge in [-0.1, -0.05) is 28.1 Å². The molecule has 1 unspecified atom stereocenters. The Morgan fingerprint density at radius 1 is 1.00 bits per heavy atom. The normalized spacial score (nSPS) is 12.0. The van der Waals surface area contributed by atoms with Crippen LogP contribution in [0, 0.1) is 11.6 Å². The monoisotopic (exact) mass is 356 g/mol. The van der Waals surface area contributed by atoms with Crippen molar-refractivity contribution in [2.24, 2.45) is 0 Å². The first-order chi connectivity index (χ1) is 10.0. The topological polar surface area (TPSA) is 18.5 Å². The van der Waals surface area contributed by atoms with Crippen molar-refractivity contribution in [3.8, 4) is 11.5 Å². The average Bonchev–Trinajstić information content (AvgIpc) is 2.49. The summed E-state index contributed by atoms with van der Waals surface area (Å²) in [6.45, 7) is 0. The van der Waals surface area contributed by atoms with Gasteiger partial charge in [0.25, 0.3) is 0 Å². The minimum absolute atomic E-state index is 0.114. The Kier molecular flexibility index (Phi) is 5.17. The van der Waals surface area contributed by atoms with Crippen molar-refractivity contribution in [3.05, 3.63) is 59.2 Å². The van der Waals surface area contributed by atoms with Crippen molar-refractivity contribution < 1.29 is 18.3 Å². The van der Waals surface area contributed by atoms with E-state index in [4.69, 9.17) is 9.47 Å². The first-order valence-corrected chi connectivity index (χ1v) is 7.26. The zero-order valence-electron chi connectivity index (χ0n) is 11.7. The minimum atomic E-state index is -0.575. The van der Waals surface area contributed by atoms with Crippen LogP contribution < -0.4 is 9.47 Å². The van der Waals surface area contributed by atoms with E-state index < -0.39 is 11.6 Å². The van der Waals surface area contributed by atoms with Crippen LogP contribution in [0.2, 0.25) is 0 Å². The van der Waals surface area contributed by atoms with Crippen molar-refractivity contribution in [2.45, 2.75) is 11.2 Å². The van der Waals surface area contributed by atoms with E-state index in [1.807, 2.05) is 12.1 Å². The molecule has 0 radical (unpaired) electrons. The molecule has 0 N–H and O–H groups in total. The van der Waals surface area contributed by atoms with Crippen LogP contribution in [0.25, 0.3) is 0 Å². The lowest BCUT2D eigenvalue weighted by molar-refractivity contribution is 0.354. The van der Waals surface area contributed by atoms with Crippen LogP contribution in [0.1, 0.15) is 16.0 Å². The van der Waals surface area contributed by atoms with Crippen LogP contribution >= 0.6 is 15.9 Å². The van der Waals surface area contributed by atoms with E-state index in [-0.39, 0.29) is 4.83 Å². The van der Waals surface area contributed by atoms with Crippen molar-refractivity contribution in [1.82, 2.24) is 0 Å². The van der Waals surface area contributed by atoms with Gasteiger partial charge in [0.1, 0.15) is 11.6 Å². The van der Waals surface area contributed by atoms with Crippen LogP contribution in [0.15, 0.2) is 36.4 Å². The molecule has 0 aliphatic rings. The molecule has 0 fully saturated rings. The minimum Gasteiger partial charge on any atom is -0.493 e. The average molecular weight is 357 g/mol. The number of hydrogen-bond donors (Lipinski definition) is 0. The third-order valence-electron chi connectivity index (χ3n) is 3.18. The van der Waals surface area contributed by atoms with E-state index in [0.717, 1.165) is 11.6 Å². The third kappa shape index (κ3) is 3.73. The molecule has 0 saturated carbocycles. The Bertz CT molecular complexity index is 632. The van der Waals surface area contributed by atoms with Crippen molar-refractivity contribution in [3.63, 3.8) is 0 Å². The molecule has 0 aromatic heterocycles. The highest BCUT2D eigenvalue weighted by molar-refractivity contribution is 9.09. The molecule has 0 aliphatic carbocycles. The molecule has 0 aliphatic heterocycles. The number of rotatable bonds is 5. The summed E-state index contributed by atoms with van der Waals surface area (Å²) in [6, 6.07) is 9.11. The maximum Gasteiger partial charge on any atom is 0.161 e. The molecule has 2 aromatic rings. The van der Waals surface area contributed by atoms with Gasteiger partial charge < -0.3 is 9.47 Å². The Balaban J connectivity index is 2.21. The van der Waals surface area contributed by atoms with Gasteiger partial charge in [-0.15, -0.1) is 0 Å².